The molecule has 2 aromatic carbocycles. The molecule has 27 heavy (non-hydrogen) atoms. The first-order valence-electron chi connectivity index (χ1n) is 9.46. The van der Waals surface area contributed by atoms with Crippen molar-refractivity contribution in [1.82, 2.24) is 9.97 Å². The van der Waals surface area contributed by atoms with Gasteiger partial charge in [0.15, 0.2) is 0 Å². The van der Waals surface area contributed by atoms with Gasteiger partial charge in [-0.2, -0.15) is 0 Å². The van der Waals surface area contributed by atoms with E-state index in [0.717, 1.165) is 21.7 Å². The van der Waals surface area contributed by atoms with Crippen molar-refractivity contribution >= 4 is 33.1 Å². The summed E-state index contributed by atoms with van der Waals surface area (Å²) in [5, 5.41) is 6.81. The fourth-order valence-corrected chi connectivity index (χ4v) is 4.77. The Morgan fingerprint density at radius 2 is 1.74 bits per heavy atom. The quantitative estimate of drug-likeness (QED) is 0.460. The minimum Gasteiger partial charge on any atom is -0.340 e. The van der Waals surface area contributed by atoms with Gasteiger partial charge in [0.2, 0.25) is 0 Å². The van der Waals surface area contributed by atoms with Gasteiger partial charge in [0.1, 0.15) is 17.0 Å². The van der Waals surface area contributed by atoms with Crippen LogP contribution in [0, 0.1) is 6.92 Å². The number of aryl methyl sites for hydroxylation is 3. The maximum atomic E-state index is 4.55. The molecule has 4 heteroatoms. The first-order chi connectivity index (χ1) is 13.3. The van der Waals surface area contributed by atoms with E-state index in [1.165, 1.54) is 53.5 Å². The summed E-state index contributed by atoms with van der Waals surface area (Å²) in [5.74, 6) is 0.873. The second kappa shape index (κ2) is 6.78. The molecule has 0 unspecified atom stereocenters. The molecule has 1 aliphatic carbocycles. The van der Waals surface area contributed by atoms with Gasteiger partial charge in [-0.3, -0.25) is 0 Å². The number of nitrogens with one attached hydrogen (secondary N) is 1. The highest BCUT2D eigenvalue weighted by atomic mass is 32.1. The van der Waals surface area contributed by atoms with Gasteiger partial charge in [-0.15, -0.1) is 11.3 Å². The smallest absolute Gasteiger partial charge is 0.143 e. The number of anilines is 2. The number of aromatic nitrogens is 2. The minimum atomic E-state index is 0.873. The number of rotatable bonds is 3. The van der Waals surface area contributed by atoms with Crippen molar-refractivity contribution < 1.29 is 0 Å². The first-order valence-corrected chi connectivity index (χ1v) is 10.3. The Morgan fingerprint density at radius 1 is 0.926 bits per heavy atom. The van der Waals surface area contributed by atoms with Gasteiger partial charge in [0.05, 0.1) is 5.39 Å². The third kappa shape index (κ3) is 3.10. The van der Waals surface area contributed by atoms with Crippen molar-refractivity contribution in [3.05, 3.63) is 70.9 Å². The molecule has 3 nitrogen and oxygen atoms in total. The SMILES string of the molecule is Cc1ccc(Nc2ncnc3scc(-c4ccc5c(c4)CCCC5)c23)cc1. The molecular formula is C23H21N3S. The lowest BCUT2D eigenvalue weighted by molar-refractivity contribution is 0.686. The molecule has 0 saturated carbocycles. The molecular weight excluding hydrogens is 350 g/mol. The highest BCUT2D eigenvalue weighted by molar-refractivity contribution is 7.17. The number of benzene rings is 2. The minimum absolute atomic E-state index is 0.873. The third-order valence-corrected chi connectivity index (χ3v) is 6.23. The number of hydrogen-bond donors (Lipinski definition) is 1. The van der Waals surface area contributed by atoms with Crippen LogP contribution in [0.3, 0.4) is 0 Å². The van der Waals surface area contributed by atoms with Crippen molar-refractivity contribution in [3.8, 4) is 11.1 Å². The Balaban J connectivity index is 1.60. The van der Waals surface area contributed by atoms with Crippen LogP contribution in [0.5, 0.6) is 0 Å². The topological polar surface area (TPSA) is 37.8 Å². The lowest BCUT2D eigenvalue weighted by atomic mass is 9.89. The Hall–Kier alpha value is -2.72. The molecule has 2 aromatic heterocycles. The summed E-state index contributed by atoms with van der Waals surface area (Å²) >= 11 is 1.68. The van der Waals surface area contributed by atoms with Gasteiger partial charge >= 0.3 is 0 Å². The van der Waals surface area contributed by atoms with E-state index in [0.29, 0.717) is 0 Å². The molecule has 5 rings (SSSR count). The van der Waals surface area contributed by atoms with Crippen LogP contribution in [-0.2, 0) is 12.8 Å². The molecule has 1 N–H and O–H groups in total. The second-order valence-electron chi connectivity index (χ2n) is 7.23. The maximum absolute atomic E-state index is 4.55. The van der Waals surface area contributed by atoms with Crippen molar-refractivity contribution in [2.75, 3.05) is 5.32 Å². The fourth-order valence-electron chi connectivity index (χ4n) is 3.86. The zero-order valence-corrected chi connectivity index (χ0v) is 16.1. The second-order valence-corrected chi connectivity index (χ2v) is 8.09. The molecule has 0 saturated heterocycles. The number of nitrogens with zero attached hydrogens (tertiary/aromatic N) is 2. The van der Waals surface area contributed by atoms with Gasteiger partial charge in [0.25, 0.3) is 0 Å². The zero-order valence-electron chi connectivity index (χ0n) is 15.3. The van der Waals surface area contributed by atoms with Crippen LogP contribution in [0.4, 0.5) is 11.5 Å². The Morgan fingerprint density at radius 3 is 2.59 bits per heavy atom. The largest absolute Gasteiger partial charge is 0.340 e. The molecule has 134 valence electrons. The van der Waals surface area contributed by atoms with Crippen LogP contribution >= 0.6 is 11.3 Å². The van der Waals surface area contributed by atoms with Gasteiger partial charge in [-0.05, 0) is 61.4 Å². The van der Waals surface area contributed by atoms with E-state index in [4.69, 9.17) is 0 Å². The van der Waals surface area contributed by atoms with Crippen LogP contribution in [0.15, 0.2) is 54.2 Å². The molecule has 1 aliphatic rings. The van der Waals surface area contributed by atoms with Crippen LogP contribution in [0.25, 0.3) is 21.3 Å². The lowest BCUT2D eigenvalue weighted by Crippen LogP contribution is -2.02. The highest BCUT2D eigenvalue weighted by Gasteiger charge is 2.16. The van der Waals surface area contributed by atoms with Crippen molar-refractivity contribution in [1.29, 1.82) is 0 Å². The van der Waals surface area contributed by atoms with Crippen LogP contribution < -0.4 is 5.32 Å². The number of fused-ring (bicyclic) bond motifs is 2. The molecule has 0 atom stereocenters. The van der Waals surface area contributed by atoms with Crippen molar-refractivity contribution in [3.63, 3.8) is 0 Å². The van der Waals surface area contributed by atoms with Crippen LogP contribution in [0.2, 0.25) is 0 Å². The molecule has 0 amide bonds. The lowest BCUT2D eigenvalue weighted by Gasteiger charge is -2.16. The molecule has 0 fully saturated rings. The maximum Gasteiger partial charge on any atom is 0.143 e. The molecule has 0 radical (unpaired) electrons. The zero-order chi connectivity index (χ0) is 18.2. The van der Waals surface area contributed by atoms with Gasteiger partial charge in [-0.1, -0.05) is 35.9 Å². The summed E-state index contributed by atoms with van der Waals surface area (Å²) < 4.78 is 0. The Labute approximate surface area is 163 Å². The summed E-state index contributed by atoms with van der Waals surface area (Å²) in [6.45, 7) is 2.10. The van der Waals surface area contributed by atoms with E-state index >= 15 is 0 Å². The van der Waals surface area contributed by atoms with E-state index < -0.39 is 0 Å². The van der Waals surface area contributed by atoms with E-state index in [1.807, 2.05) is 0 Å². The Bertz CT molecular complexity index is 1110. The van der Waals surface area contributed by atoms with Gasteiger partial charge in [0, 0.05) is 16.6 Å². The molecule has 0 spiro atoms. The first kappa shape index (κ1) is 16.5. The van der Waals surface area contributed by atoms with E-state index in [-0.39, 0.29) is 0 Å². The number of thiophene rings is 1. The van der Waals surface area contributed by atoms with Crippen LogP contribution in [0.1, 0.15) is 29.5 Å². The summed E-state index contributed by atoms with van der Waals surface area (Å²) in [6.07, 6.45) is 6.65. The van der Waals surface area contributed by atoms with Gasteiger partial charge in [-0.25, -0.2) is 9.97 Å². The average Bonchev–Trinajstić information content (AvgIpc) is 3.15. The summed E-state index contributed by atoms with van der Waals surface area (Å²) in [4.78, 5) is 10.1. The van der Waals surface area contributed by atoms with Crippen molar-refractivity contribution in [2.24, 2.45) is 0 Å². The van der Waals surface area contributed by atoms with Crippen molar-refractivity contribution in [2.45, 2.75) is 32.6 Å². The monoisotopic (exact) mass is 371 g/mol. The van der Waals surface area contributed by atoms with E-state index in [9.17, 15) is 0 Å². The average molecular weight is 372 g/mol. The third-order valence-electron chi connectivity index (χ3n) is 5.34. The van der Waals surface area contributed by atoms with E-state index in [1.54, 1.807) is 17.7 Å². The Kier molecular flexibility index (Phi) is 4.13. The molecule has 4 aromatic rings. The summed E-state index contributed by atoms with van der Waals surface area (Å²) in [7, 11) is 0. The summed E-state index contributed by atoms with van der Waals surface area (Å²) in [5.41, 5.74) is 7.80. The molecule has 0 aliphatic heterocycles. The predicted octanol–water partition coefficient (Wildman–Crippen LogP) is 6.29. The predicted molar refractivity (Wildman–Crippen MR) is 114 cm³/mol. The molecule has 0 bridgehead atoms. The van der Waals surface area contributed by atoms with Gasteiger partial charge < -0.3 is 5.32 Å². The fraction of sp³-hybridized carbons (Fsp3) is 0.217. The van der Waals surface area contributed by atoms with Crippen LogP contribution in [-0.4, -0.2) is 9.97 Å². The normalized spacial score (nSPS) is 13.5. The highest BCUT2D eigenvalue weighted by Crippen LogP contribution is 2.38. The van der Waals surface area contributed by atoms with E-state index in [2.05, 4.69) is 70.1 Å². The summed E-state index contributed by atoms with van der Waals surface area (Å²) in [6, 6.07) is 15.3. The number of hydrogen-bond acceptors (Lipinski definition) is 4. The standard InChI is InChI=1S/C23H21N3S/c1-15-6-10-19(11-7-15)26-22-21-20(13-27-23(21)25-14-24-22)18-9-8-16-4-2-3-5-17(16)12-18/h6-14H,2-5H2,1H3,(H,24,25,26). The molecule has 2 heterocycles.